The number of quaternary nitrogens is 2. The zero-order valence-corrected chi connectivity index (χ0v) is 8.36. The highest BCUT2D eigenvalue weighted by Gasteiger charge is 1.49. The van der Waals surface area contributed by atoms with Crippen molar-refractivity contribution in [1.29, 1.82) is 0 Å². The molecule has 14 heteroatoms. The van der Waals surface area contributed by atoms with Gasteiger partial charge in [0.25, 0.3) is 0 Å². The van der Waals surface area contributed by atoms with Gasteiger partial charge in [0.05, 0.1) is 0 Å². The molecule has 0 unspecified atom stereocenters. The second kappa shape index (κ2) is 54.6. The molecular formula is H22N2O11S. The molecule has 0 bridgehead atoms. The molecule has 14 heavy (non-hydrogen) atoms. The van der Waals surface area contributed by atoms with Crippen LogP contribution in [-0.4, -0.2) is 55.9 Å². The summed E-state index contributed by atoms with van der Waals surface area (Å²) in [4.78, 5) is 0. The summed E-state index contributed by atoms with van der Waals surface area (Å²) in [6.07, 6.45) is 0. The molecule has 0 aliphatic rings. The Balaban J connectivity index is -0.00000000222. The van der Waals surface area contributed by atoms with E-state index in [0.717, 1.165) is 0 Å². The summed E-state index contributed by atoms with van der Waals surface area (Å²) in [5.41, 5.74) is 0. The molecule has 0 amide bonds. The fraction of sp³-hybridized carbons (Fsp3) is 0. The van der Waals surface area contributed by atoms with Gasteiger partial charge in [0, 0.05) is 10.4 Å². The molecule has 0 aromatic carbocycles. The second-order valence-electron chi connectivity index (χ2n) is 0.408. The van der Waals surface area contributed by atoms with Gasteiger partial charge in [0.15, 0.2) is 0 Å². The van der Waals surface area contributed by atoms with Gasteiger partial charge in [-0.2, -0.15) is 0 Å². The summed E-state index contributed by atoms with van der Waals surface area (Å²) in [7, 11) is -5.17. The van der Waals surface area contributed by atoms with Gasteiger partial charge in [-0.15, -0.1) is 0 Å². The minimum absolute atomic E-state index is 0. The van der Waals surface area contributed by atoms with E-state index in [1.165, 1.54) is 0 Å². The van der Waals surface area contributed by atoms with Crippen LogP contribution in [0, 0.1) is 0 Å². The van der Waals surface area contributed by atoms with Crippen LogP contribution in [0.1, 0.15) is 0 Å². The predicted octanol–water partition coefficient (Wildman–Crippen LogP) is -6.36. The van der Waals surface area contributed by atoms with Gasteiger partial charge < -0.3 is 59.7 Å². The third-order valence-electron chi connectivity index (χ3n) is 0. The van der Waals surface area contributed by atoms with E-state index < -0.39 is 10.4 Å². The molecule has 0 heterocycles. The maximum atomic E-state index is 8.52. The van der Waals surface area contributed by atoms with Crippen molar-refractivity contribution in [2.45, 2.75) is 0 Å². The molecule has 0 radical (unpaired) electrons. The average molecular weight is 258 g/mol. The zero-order valence-electron chi connectivity index (χ0n) is 7.54. The summed E-state index contributed by atoms with van der Waals surface area (Å²) in [6, 6.07) is 0. The number of hydrogen-bond donors (Lipinski definition) is 2. The van der Waals surface area contributed by atoms with Gasteiger partial charge >= 0.3 is 0 Å². The molecular weight excluding hydrogens is 236 g/mol. The Morgan fingerprint density at radius 1 is 0.571 bits per heavy atom. The highest BCUT2D eigenvalue weighted by molar-refractivity contribution is 7.79. The van der Waals surface area contributed by atoms with Crippen molar-refractivity contribution in [2.24, 2.45) is 0 Å². The molecule has 13 nitrogen and oxygen atoms in total. The number of hydrogen-bond acceptors (Lipinski definition) is 4. The largest absolute Gasteiger partial charge is 0.759 e. The van der Waals surface area contributed by atoms with E-state index >= 15 is 0 Å². The smallest absolute Gasteiger partial charge is 0.0311 e. The van der Waals surface area contributed by atoms with Crippen molar-refractivity contribution in [3.63, 3.8) is 0 Å². The average Bonchev–Trinajstić information content (AvgIpc) is 0.722. The maximum absolute atomic E-state index is 8.52. The van der Waals surface area contributed by atoms with Crippen molar-refractivity contribution in [1.82, 2.24) is 12.3 Å². The fourth-order valence-corrected chi connectivity index (χ4v) is 0. The van der Waals surface area contributed by atoms with E-state index in [-0.39, 0.29) is 50.6 Å². The molecule has 0 spiro atoms. The van der Waals surface area contributed by atoms with Crippen LogP contribution in [0.25, 0.3) is 0 Å². The predicted molar refractivity (Wildman–Crippen MR) is 47.7 cm³/mol. The molecule has 0 atom stereocenters. The molecule has 22 N–H and O–H groups in total. The van der Waals surface area contributed by atoms with Crippen molar-refractivity contribution >= 4 is 10.4 Å². The fourth-order valence-electron chi connectivity index (χ4n) is 0. The van der Waals surface area contributed by atoms with E-state index in [9.17, 15) is 0 Å². The molecule has 0 saturated heterocycles. The summed E-state index contributed by atoms with van der Waals surface area (Å²) >= 11 is 0. The normalized spacial score (nSPS) is 4.14. The zero-order chi connectivity index (χ0) is 4.50. The standard InChI is InChI=1S/2H3N.H2O4S.7H2O/c;;1-5(2,3)4;;;;;;;/h2*1H3;(H2,1,2,3,4);7*1H2. The van der Waals surface area contributed by atoms with Crippen molar-refractivity contribution < 1.29 is 55.9 Å². The van der Waals surface area contributed by atoms with E-state index in [0.29, 0.717) is 0 Å². The third kappa shape index (κ3) is 5300. The minimum atomic E-state index is -5.17. The molecule has 0 saturated carbocycles. The van der Waals surface area contributed by atoms with Crippen LogP contribution in [0.2, 0.25) is 0 Å². The summed E-state index contributed by atoms with van der Waals surface area (Å²) in [6.45, 7) is 0. The van der Waals surface area contributed by atoms with Gasteiger partial charge in [-0.05, 0) is 0 Å². The van der Waals surface area contributed by atoms with Gasteiger partial charge in [-0.3, -0.25) is 8.42 Å². The van der Waals surface area contributed by atoms with Crippen LogP contribution in [0.5, 0.6) is 0 Å². The highest BCUT2D eigenvalue weighted by Crippen LogP contribution is 1.57. The van der Waals surface area contributed by atoms with E-state index in [2.05, 4.69) is 0 Å². The van der Waals surface area contributed by atoms with Crippen LogP contribution in [0.4, 0.5) is 0 Å². The van der Waals surface area contributed by atoms with Crippen LogP contribution < -0.4 is 12.3 Å². The van der Waals surface area contributed by atoms with E-state index in [4.69, 9.17) is 17.5 Å². The van der Waals surface area contributed by atoms with Crippen LogP contribution in [0.15, 0.2) is 0 Å². The maximum Gasteiger partial charge on any atom is 0.0311 e. The lowest BCUT2D eigenvalue weighted by molar-refractivity contribution is 0.352. The highest BCUT2D eigenvalue weighted by atomic mass is 32.3. The lowest BCUT2D eigenvalue weighted by atomic mass is 14.0. The summed E-state index contributed by atoms with van der Waals surface area (Å²) in [5.74, 6) is 0. The van der Waals surface area contributed by atoms with Crippen LogP contribution in [-0.2, 0) is 10.4 Å². The van der Waals surface area contributed by atoms with Crippen molar-refractivity contribution in [3.05, 3.63) is 0 Å². The Hall–Kier alpha value is -0.490. The Morgan fingerprint density at radius 3 is 0.571 bits per heavy atom. The van der Waals surface area contributed by atoms with Crippen LogP contribution >= 0.6 is 0 Å². The van der Waals surface area contributed by atoms with E-state index in [1.807, 2.05) is 0 Å². The molecule has 0 rings (SSSR count). The molecule has 0 aromatic rings. The first-order chi connectivity index (χ1) is 2.00. The van der Waals surface area contributed by atoms with Crippen molar-refractivity contribution in [3.8, 4) is 0 Å². The molecule has 0 aromatic heterocycles. The summed E-state index contributed by atoms with van der Waals surface area (Å²) in [5, 5.41) is 0. The first-order valence-corrected chi connectivity index (χ1v) is 2.00. The SMILES string of the molecule is O.O.O.O.O.O.O.O=S(=O)([O-])[O-].[NH4+].[NH4+]. The first-order valence-electron chi connectivity index (χ1n) is 0.667. The minimum Gasteiger partial charge on any atom is -0.759 e. The molecule has 104 valence electrons. The Bertz CT molecular complexity index is 96.5. The van der Waals surface area contributed by atoms with Gasteiger partial charge in [-0.1, -0.05) is 0 Å². The Labute approximate surface area is 79.6 Å². The third-order valence-corrected chi connectivity index (χ3v) is 0. The molecule has 0 aliphatic carbocycles. The molecule has 0 aliphatic heterocycles. The van der Waals surface area contributed by atoms with Crippen LogP contribution in [0.3, 0.4) is 0 Å². The van der Waals surface area contributed by atoms with Gasteiger partial charge in [-0.25, -0.2) is 0 Å². The van der Waals surface area contributed by atoms with Gasteiger partial charge in [0.1, 0.15) is 0 Å². The lowest BCUT2D eigenvalue weighted by Crippen LogP contribution is -1.91. The van der Waals surface area contributed by atoms with Crippen molar-refractivity contribution in [2.75, 3.05) is 0 Å². The summed E-state index contributed by atoms with van der Waals surface area (Å²) < 4.78 is 34.1. The molecule has 0 fully saturated rings. The first kappa shape index (κ1) is 172. The second-order valence-corrected chi connectivity index (χ2v) is 1.22. The Kier molecular flexibility index (Phi) is 669. The number of rotatable bonds is 0. The van der Waals surface area contributed by atoms with Gasteiger partial charge in [0.2, 0.25) is 0 Å². The quantitative estimate of drug-likeness (QED) is 0.315. The lowest BCUT2D eigenvalue weighted by Gasteiger charge is -2.06. The van der Waals surface area contributed by atoms with E-state index in [1.54, 1.807) is 0 Å². The monoisotopic (exact) mass is 258 g/mol. The Morgan fingerprint density at radius 2 is 0.571 bits per heavy atom. The topological polar surface area (TPSA) is 374 Å².